The fourth-order valence-electron chi connectivity index (χ4n) is 1.78. The molecule has 7 heteroatoms. The number of anilines is 1. The minimum atomic E-state index is -0.355. The molecule has 0 saturated carbocycles. The second-order valence-electron chi connectivity index (χ2n) is 4.33. The van der Waals surface area contributed by atoms with Crippen molar-refractivity contribution in [1.29, 1.82) is 0 Å². The molecule has 0 bridgehead atoms. The van der Waals surface area contributed by atoms with E-state index in [1.807, 2.05) is 13.0 Å². The zero-order valence-corrected chi connectivity index (χ0v) is 13.1. The number of rotatable bonds is 3. The smallest absolute Gasteiger partial charge is 0.287 e. The van der Waals surface area contributed by atoms with Crippen LogP contribution in [0.3, 0.4) is 0 Å². The molecule has 0 aliphatic heterocycles. The first-order valence-electron chi connectivity index (χ1n) is 5.83. The minimum absolute atomic E-state index is 0.0967. The highest BCUT2D eigenvalue weighted by atomic mass is 35.5. The molecule has 0 fully saturated rings. The zero-order chi connectivity index (χ0) is 14.9. The molecule has 0 aliphatic carbocycles. The molecule has 2 rings (SSSR count). The van der Waals surface area contributed by atoms with Gasteiger partial charge in [-0.25, -0.2) is 4.68 Å². The van der Waals surface area contributed by atoms with E-state index in [4.69, 9.17) is 34.8 Å². The highest BCUT2D eigenvalue weighted by Gasteiger charge is 2.13. The van der Waals surface area contributed by atoms with Gasteiger partial charge in [0.2, 0.25) is 0 Å². The molecule has 2 aromatic rings. The third-order valence-corrected chi connectivity index (χ3v) is 3.81. The summed E-state index contributed by atoms with van der Waals surface area (Å²) in [5.74, 6) is 0. The lowest BCUT2D eigenvalue weighted by Gasteiger charge is -2.17. The van der Waals surface area contributed by atoms with Crippen molar-refractivity contribution in [1.82, 2.24) is 9.78 Å². The van der Waals surface area contributed by atoms with Gasteiger partial charge in [0, 0.05) is 17.1 Å². The van der Waals surface area contributed by atoms with Crippen LogP contribution >= 0.6 is 34.8 Å². The van der Waals surface area contributed by atoms with Crippen molar-refractivity contribution in [2.75, 3.05) is 5.32 Å². The predicted molar refractivity (Wildman–Crippen MR) is 83.0 cm³/mol. The number of aromatic nitrogens is 2. The monoisotopic (exact) mass is 331 g/mol. The first-order valence-corrected chi connectivity index (χ1v) is 6.97. The van der Waals surface area contributed by atoms with Gasteiger partial charge in [0.1, 0.15) is 5.02 Å². The van der Waals surface area contributed by atoms with Crippen LogP contribution in [0.4, 0.5) is 5.69 Å². The third-order valence-electron chi connectivity index (χ3n) is 2.88. The van der Waals surface area contributed by atoms with Gasteiger partial charge in [0.15, 0.2) is 0 Å². The van der Waals surface area contributed by atoms with Gasteiger partial charge < -0.3 is 5.32 Å². The largest absolute Gasteiger partial charge is 0.376 e. The Balaban J connectivity index is 2.30. The van der Waals surface area contributed by atoms with Gasteiger partial charge >= 0.3 is 0 Å². The third kappa shape index (κ3) is 3.08. The Labute approximate surface area is 131 Å². The van der Waals surface area contributed by atoms with Gasteiger partial charge in [0.05, 0.1) is 17.9 Å². The molecule has 1 atom stereocenters. The molecule has 1 unspecified atom stereocenters. The maximum Gasteiger partial charge on any atom is 0.287 e. The average Bonchev–Trinajstić information content (AvgIpc) is 2.39. The van der Waals surface area contributed by atoms with Crippen molar-refractivity contribution in [3.8, 4) is 0 Å². The van der Waals surface area contributed by atoms with Crippen molar-refractivity contribution in [2.24, 2.45) is 7.05 Å². The van der Waals surface area contributed by atoms with Gasteiger partial charge in [-0.3, -0.25) is 4.79 Å². The van der Waals surface area contributed by atoms with Crippen molar-refractivity contribution in [3.05, 3.63) is 55.4 Å². The molecule has 0 radical (unpaired) electrons. The van der Waals surface area contributed by atoms with Gasteiger partial charge in [-0.1, -0.05) is 40.9 Å². The second kappa shape index (κ2) is 6.04. The van der Waals surface area contributed by atoms with E-state index in [1.54, 1.807) is 12.1 Å². The SMILES string of the molecule is CC(Nc1cnn(C)c(=O)c1Cl)c1ccc(Cl)cc1Cl. The summed E-state index contributed by atoms with van der Waals surface area (Å²) in [5, 5.41) is 8.26. The summed E-state index contributed by atoms with van der Waals surface area (Å²) < 4.78 is 1.17. The number of nitrogens with zero attached hydrogens (tertiary/aromatic N) is 2. The van der Waals surface area contributed by atoms with E-state index in [-0.39, 0.29) is 16.6 Å². The van der Waals surface area contributed by atoms with Crippen LogP contribution < -0.4 is 10.9 Å². The van der Waals surface area contributed by atoms with Crippen LogP contribution in [-0.2, 0) is 7.05 Å². The quantitative estimate of drug-likeness (QED) is 0.927. The van der Waals surface area contributed by atoms with E-state index in [1.165, 1.54) is 17.9 Å². The fourth-order valence-corrected chi connectivity index (χ4v) is 2.57. The summed E-state index contributed by atoms with van der Waals surface area (Å²) in [6, 6.07) is 5.10. The predicted octanol–water partition coefficient (Wildman–Crippen LogP) is 3.91. The Morgan fingerprint density at radius 2 is 2.00 bits per heavy atom. The molecule has 0 amide bonds. The number of hydrogen-bond donors (Lipinski definition) is 1. The van der Waals surface area contributed by atoms with E-state index < -0.39 is 0 Å². The van der Waals surface area contributed by atoms with Gasteiger partial charge in [0.25, 0.3) is 5.56 Å². The maximum absolute atomic E-state index is 11.7. The van der Waals surface area contributed by atoms with Crippen LogP contribution in [0.2, 0.25) is 15.1 Å². The molecular formula is C13H12Cl3N3O. The van der Waals surface area contributed by atoms with E-state index in [9.17, 15) is 4.79 Å². The lowest BCUT2D eigenvalue weighted by Crippen LogP contribution is -2.21. The van der Waals surface area contributed by atoms with Crippen molar-refractivity contribution in [3.63, 3.8) is 0 Å². The zero-order valence-electron chi connectivity index (χ0n) is 10.8. The van der Waals surface area contributed by atoms with Crippen molar-refractivity contribution >= 4 is 40.5 Å². The van der Waals surface area contributed by atoms with E-state index in [0.29, 0.717) is 15.7 Å². The van der Waals surface area contributed by atoms with Crippen molar-refractivity contribution in [2.45, 2.75) is 13.0 Å². The van der Waals surface area contributed by atoms with Gasteiger partial charge in [-0.15, -0.1) is 0 Å². The van der Waals surface area contributed by atoms with E-state index in [2.05, 4.69) is 10.4 Å². The molecule has 1 aromatic heterocycles. The van der Waals surface area contributed by atoms with Crippen LogP contribution in [0.1, 0.15) is 18.5 Å². The van der Waals surface area contributed by atoms with Gasteiger partial charge in [-0.05, 0) is 24.6 Å². The first-order chi connectivity index (χ1) is 9.40. The molecule has 0 aliphatic rings. The molecule has 106 valence electrons. The van der Waals surface area contributed by atoms with Crippen LogP contribution in [0.5, 0.6) is 0 Å². The Morgan fingerprint density at radius 1 is 1.30 bits per heavy atom. The van der Waals surface area contributed by atoms with Crippen LogP contribution in [-0.4, -0.2) is 9.78 Å². The number of benzene rings is 1. The summed E-state index contributed by atoms with van der Waals surface area (Å²) in [6.45, 7) is 1.91. The highest BCUT2D eigenvalue weighted by molar-refractivity contribution is 6.35. The number of aryl methyl sites for hydroxylation is 1. The minimum Gasteiger partial charge on any atom is -0.376 e. The second-order valence-corrected chi connectivity index (χ2v) is 5.55. The van der Waals surface area contributed by atoms with Crippen LogP contribution in [0, 0.1) is 0 Å². The summed E-state index contributed by atoms with van der Waals surface area (Å²) in [5.41, 5.74) is 0.965. The average molecular weight is 333 g/mol. The number of hydrogen-bond acceptors (Lipinski definition) is 3. The fraction of sp³-hybridized carbons (Fsp3) is 0.231. The van der Waals surface area contributed by atoms with Gasteiger partial charge in [-0.2, -0.15) is 5.10 Å². The standard InChI is InChI=1S/C13H12Cl3N3O/c1-7(9-4-3-8(14)5-10(9)15)18-11-6-17-19(2)13(20)12(11)16/h3-7,18H,1-2H3. The van der Waals surface area contributed by atoms with Crippen molar-refractivity contribution < 1.29 is 0 Å². The summed E-state index contributed by atoms with van der Waals surface area (Å²) in [4.78, 5) is 11.7. The molecule has 1 aromatic carbocycles. The molecular weight excluding hydrogens is 321 g/mol. The molecule has 4 nitrogen and oxygen atoms in total. The Bertz CT molecular complexity index is 700. The van der Waals surface area contributed by atoms with E-state index >= 15 is 0 Å². The van der Waals surface area contributed by atoms with Crippen LogP contribution in [0.25, 0.3) is 0 Å². The Kier molecular flexibility index (Phi) is 4.58. The summed E-state index contributed by atoms with van der Waals surface area (Å²) >= 11 is 18.0. The molecule has 0 saturated heterocycles. The lowest BCUT2D eigenvalue weighted by atomic mass is 10.1. The lowest BCUT2D eigenvalue weighted by molar-refractivity contribution is 0.706. The van der Waals surface area contributed by atoms with Crippen LogP contribution in [0.15, 0.2) is 29.2 Å². The topological polar surface area (TPSA) is 46.9 Å². The Morgan fingerprint density at radius 3 is 2.65 bits per heavy atom. The normalized spacial score (nSPS) is 12.2. The summed E-state index contributed by atoms with van der Waals surface area (Å²) in [7, 11) is 1.54. The first kappa shape index (κ1) is 15.2. The number of nitrogens with one attached hydrogen (secondary N) is 1. The summed E-state index contributed by atoms with van der Waals surface area (Å²) in [6.07, 6.45) is 1.50. The molecule has 1 heterocycles. The number of halogens is 3. The Hall–Kier alpha value is -1.23. The molecule has 20 heavy (non-hydrogen) atoms. The van der Waals surface area contributed by atoms with E-state index in [0.717, 1.165) is 5.56 Å². The molecule has 1 N–H and O–H groups in total. The molecule has 0 spiro atoms. The highest BCUT2D eigenvalue weighted by Crippen LogP contribution is 2.29. The maximum atomic E-state index is 11.7.